The van der Waals surface area contributed by atoms with Crippen LogP contribution in [0.2, 0.25) is 0 Å². The van der Waals surface area contributed by atoms with Gasteiger partial charge in [-0.2, -0.15) is 0 Å². The van der Waals surface area contributed by atoms with Crippen molar-refractivity contribution < 1.29 is 4.79 Å². The van der Waals surface area contributed by atoms with E-state index < -0.39 is 0 Å². The van der Waals surface area contributed by atoms with Gasteiger partial charge in [-0.1, -0.05) is 19.1 Å². The van der Waals surface area contributed by atoms with Gasteiger partial charge in [-0.15, -0.1) is 11.3 Å². The number of aromatic nitrogens is 1. The van der Waals surface area contributed by atoms with Gasteiger partial charge in [-0.25, -0.2) is 9.78 Å². The Hall–Kier alpha value is -1.92. The minimum absolute atomic E-state index is 0.0616. The molecule has 2 amide bonds. The van der Waals surface area contributed by atoms with Gasteiger partial charge in [0.15, 0.2) is 0 Å². The van der Waals surface area contributed by atoms with E-state index in [1.54, 1.807) is 17.5 Å². The third-order valence-electron chi connectivity index (χ3n) is 3.13. The molecule has 0 saturated heterocycles. The molecule has 0 aliphatic rings. The molecule has 0 radical (unpaired) electrons. The summed E-state index contributed by atoms with van der Waals surface area (Å²) in [7, 11) is 0. The van der Waals surface area contributed by atoms with E-state index in [0.717, 1.165) is 22.7 Å². The van der Waals surface area contributed by atoms with E-state index in [-0.39, 0.29) is 18.1 Å². The SMILES string of the molecule is CCC(NC(=O)Nc1cccc(C(C)N)c1)c1nccs1. The maximum Gasteiger partial charge on any atom is 0.319 e. The number of rotatable bonds is 5. The first-order chi connectivity index (χ1) is 10.1. The molecule has 1 aromatic heterocycles. The number of anilines is 1. The molecule has 0 aliphatic carbocycles. The van der Waals surface area contributed by atoms with Crippen molar-refractivity contribution in [3.63, 3.8) is 0 Å². The van der Waals surface area contributed by atoms with Crippen LogP contribution in [-0.4, -0.2) is 11.0 Å². The van der Waals surface area contributed by atoms with Gasteiger partial charge in [0.25, 0.3) is 0 Å². The van der Waals surface area contributed by atoms with E-state index in [9.17, 15) is 4.79 Å². The average Bonchev–Trinajstić information content (AvgIpc) is 2.99. The fourth-order valence-electron chi connectivity index (χ4n) is 1.97. The van der Waals surface area contributed by atoms with Crippen LogP contribution in [0.4, 0.5) is 10.5 Å². The highest BCUT2D eigenvalue weighted by atomic mass is 32.1. The highest BCUT2D eigenvalue weighted by molar-refractivity contribution is 7.09. The Morgan fingerprint density at radius 1 is 1.48 bits per heavy atom. The molecule has 0 aliphatic heterocycles. The molecule has 0 bridgehead atoms. The number of nitrogens with zero attached hydrogens (tertiary/aromatic N) is 1. The number of nitrogens with one attached hydrogen (secondary N) is 2. The minimum Gasteiger partial charge on any atom is -0.329 e. The van der Waals surface area contributed by atoms with Crippen molar-refractivity contribution >= 4 is 23.1 Å². The van der Waals surface area contributed by atoms with Crippen LogP contribution in [0.5, 0.6) is 0 Å². The molecule has 21 heavy (non-hydrogen) atoms. The lowest BCUT2D eigenvalue weighted by Gasteiger charge is -2.16. The molecule has 1 aromatic carbocycles. The number of amides is 2. The second-order valence-electron chi connectivity index (χ2n) is 4.84. The summed E-state index contributed by atoms with van der Waals surface area (Å²) in [5, 5.41) is 8.59. The van der Waals surface area contributed by atoms with Crippen molar-refractivity contribution in [2.24, 2.45) is 5.73 Å². The van der Waals surface area contributed by atoms with E-state index in [0.29, 0.717) is 0 Å². The summed E-state index contributed by atoms with van der Waals surface area (Å²) < 4.78 is 0. The number of benzene rings is 1. The van der Waals surface area contributed by atoms with Crippen molar-refractivity contribution in [2.45, 2.75) is 32.4 Å². The summed E-state index contributed by atoms with van der Waals surface area (Å²) in [5.74, 6) is 0. The molecule has 2 rings (SSSR count). The normalized spacial score (nSPS) is 13.5. The Balaban J connectivity index is 1.99. The molecule has 2 aromatic rings. The fraction of sp³-hybridized carbons (Fsp3) is 0.333. The largest absolute Gasteiger partial charge is 0.329 e. The quantitative estimate of drug-likeness (QED) is 0.791. The number of carbonyl (C=O) groups is 1. The molecule has 0 fully saturated rings. The molecule has 0 saturated carbocycles. The van der Waals surface area contributed by atoms with Crippen molar-refractivity contribution in [3.05, 3.63) is 46.4 Å². The van der Waals surface area contributed by atoms with Crippen LogP contribution in [-0.2, 0) is 0 Å². The highest BCUT2D eigenvalue weighted by Gasteiger charge is 2.15. The Labute approximate surface area is 128 Å². The second kappa shape index (κ2) is 7.19. The summed E-state index contributed by atoms with van der Waals surface area (Å²) in [6, 6.07) is 7.18. The van der Waals surface area contributed by atoms with Gasteiger partial charge in [0.05, 0.1) is 6.04 Å². The molecular formula is C15H20N4OS. The lowest BCUT2D eigenvalue weighted by molar-refractivity contribution is 0.248. The molecule has 4 N–H and O–H groups in total. The Morgan fingerprint density at radius 3 is 2.90 bits per heavy atom. The molecule has 6 heteroatoms. The molecule has 0 spiro atoms. The number of nitrogens with two attached hydrogens (primary N) is 1. The fourth-order valence-corrected chi connectivity index (χ4v) is 2.74. The van der Waals surface area contributed by atoms with Crippen LogP contribution < -0.4 is 16.4 Å². The van der Waals surface area contributed by atoms with E-state index in [1.165, 1.54) is 0 Å². The van der Waals surface area contributed by atoms with Gasteiger partial charge in [0.1, 0.15) is 5.01 Å². The third kappa shape index (κ3) is 4.27. The molecule has 2 atom stereocenters. The standard InChI is InChI=1S/C15H20N4OS/c1-3-13(14-17-7-8-21-14)19-15(20)18-12-6-4-5-11(9-12)10(2)16/h4-10,13H,3,16H2,1-2H3,(H2,18,19,20). The van der Waals surface area contributed by atoms with Crippen molar-refractivity contribution in [3.8, 4) is 0 Å². The Morgan fingerprint density at radius 2 is 2.29 bits per heavy atom. The van der Waals surface area contributed by atoms with Crippen LogP contribution in [0.3, 0.4) is 0 Å². The van der Waals surface area contributed by atoms with Gasteiger partial charge in [-0.3, -0.25) is 0 Å². The lowest BCUT2D eigenvalue weighted by atomic mass is 10.1. The number of hydrogen-bond acceptors (Lipinski definition) is 4. The highest BCUT2D eigenvalue weighted by Crippen LogP contribution is 2.19. The second-order valence-corrected chi connectivity index (χ2v) is 5.77. The van der Waals surface area contributed by atoms with E-state index in [4.69, 9.17) is 5.73 Å². The maximum atomic E-state index is 12.1. The van der Waals surface area contributed by atoms with E-state index >= 15 is 0 Å². The van der Waals surface area contributed by atoms with Gasteiger partial charge in [-0.05, 0) is 31.0 Å². The predicted octanol–water partition coefficient (Wildman–Crippen LogP) is 3.44. The summed E-state index contributed by atoms with van der Waals surface area (Å²) in [5.41, 5.74) is 7.56. The van der Waals surface area contributed by atoms with Crippen LogP contribution >= 0.6 is 11.3 Å². The summed E-state index contributed by atoms with van der Waals surface area (Å²) in [4.78, 5) is 16.3. The topological polar surface area (TPSA) is 80.0 Å². The number of urea groups is 1. The van der Waals surface area contributed by atoms with Crippen LogP contribution in [0.15, 0.2) is 35.8 Å². The zero-order valence-electron chi connectivity index (χ0n) is 12.2. The first kappa shape index (κ1) is 15.5. The number of hydrogen-bond donors (Lipinski definition) is 3. The molecule has 2 unspecified atom stereocenters. The van der Waals surface area contributed by atoms with Gasteiger partial charge in [0.2, 0.25) is 0 Å². The number of carbonyl (C=O) groups excluding carboxylic acids is 1. The van der Waals surface area contributed by atoms with Crippen LogP contribution in [0.25, 0.3) is 0 Å². The summed E-state index contributed by atoms with van der Waals surface area (Å²) in [6.07, 6.45) is 2.54. The Kier molecular flexibility index (Phi) is 5.30. The average molecular weight is 304 g/mol. The monoisotopic (exact) mass is 304 g/mol. The zero-order valence-corrected chi connectivity index (χ0v) is 13.0. The third-order valence-corrected chi connectivity index (χ3v) is 4.02. The van der Waals surface area contributed by atoms with Gasteiger partial charge < -0.3 is 16.4 Å². The van der Waals surface area contributed by atoms with Gasteiger partial charge >= 0.3 is 6.03 Å². The Bertz CT molecular complexity index is 583. The van der Waals surface area contributed by atoms with Crippen molar-refractivity contribution in [2.75, 3.05) is 5.32 Å². The molecule has 112 valence electrons. The van der Waals surface area contributed by atoms with Crippen LogP contribution in [0.1, 0.15) is 42.9 Å². The van der Waals surface area contributed by atoms with E-state index in [1.807, 2.05) is 43.5 Å². The lowest BCUT2D eigenvalue weighted by Crippen LogP contribution is -2.32. The molecular weight excluding hydrogens is 284 g/mol. The van der Waals surface area contributed by atoms with Crippen molar-refractivity contribution in [1.82, 2.24) is 10.3 Å². The first-order valence-corrected chi connectivity index (χ1v) is 7.80. The van der Waals surface area contributed by atoms with Crippen LogP contribution in [0, 0.1) is 0 Å². The first-order valence-electron chi connectivity index (χ1n) is 6.92. The minimum atomic E-state index is -0.237. The summed E-state index contributed by atoms with van der Waals surface area (Å²) in [6.45, 7) is 3.93. The van der Waals surface area contributed by atoms with E-state index in [2.05, 4.69) is 15.6 Å². The molecule has 5 nitrogen and oxygen atoms in total. The zero-order chi connectivity index (χ0) is 15.2. The maximum absolute atomic E-state index is 12.1. The summed E-state index contributed by atoms with van der Waals surface area (Å²) >= 11 is 1.54. The van der Waals surface area contributed by atoms with Gasteiger partial charge in [0, 0.05) is 23.3 Å². The van der Waals surface area contributed by atoms with Crippen molar-refractivity contribution in [1.29, 1.82) is 0 Å². The number of thiazole rings is 1. The predicted molar refractivity (Wildman–Crippen MR) is 86.3 cm³/mol. The molecule has 1 heterocycles. The smallest absolute Gasteiger partial charge is 0.319 e.